The number of hydrogen-bond donors (Lipinski definition) is 1. The average molecular weight is 677 g/mol. The lowest BCUT2D eigenvalue weighted by molar-refractivity contribution is 0.0429. The molecule has 260 valence electrons. The first-order valence-corrected chi connectivity index (χ1v) is 15.8. The van der Waals surface area contributed by atoms with Crippen LogP contribution in [0.4, 0.5) is 26.0 Å². The molecule has 5 rings (SSSR count). The standard InChI is InChI=1S/C32H40N10O7/c1-31(2,3)48-29(45)42(30(46)49-32(4,5)6)25-24(35-23(14-34-25)41-16-20-12-13-22(36-39-33)21(20)17-41)27-38-37-26(47-27)19-10-8-18(9-11-19)15-40(7)28(43)44/h8-11,14,20-22H,12-13,15-17H2,1-7H3,(H,43,44)/t20-,21+,22?/m0/s1. The summed E-state index contributed by atoms with van der Waals surface area (Å²) in [7, 11) is 1.47. The van der Waals surface area contributed by atoms with Gasteiger partial charge in [0, 0.05) is 43.2 Å². The van der Waals surface area contributed by atoms with E-state index in [1.807, 2.05) is 4.90 Å². The number of amides is 3. The summed E-state index contributed by atoms with van der Waals surface area (Å²) in [6.07, 6.45) is 0.0517. The number of carbonyl (C=O) groups excluding carboxylic acids is 2. The maximum atomic E-state index is 13.6. The maximum Gasteiger partial charge on any atom is 0.425 e. The molecule has 1 N–H and O–H groups in total. The second kappa shape index (κ2) is 13.6. The molecule has 2 aliphatic rings. The zero-order chi connectivity index (χ0) is 35.7. The molecule has 0 radical (unpaired) electrons. The molecule has 2 fully saturated rings. The normalized spacial score (nSPS) is 18.8. The molecule has 1 saturated heterocycles. The molecule has 0 spiro atoms. The summed E-state index contributed by atoms with van der Waals surface area (Å²) >= 11 is 0. The molecule has 1 aromatic carbocycles. The first-order chi connectivity index (χ1) is 23.0. The number of carbonyl (C=O) groups is 3. The lowest BCUT2D eigenvalue weighted by Gasteiger charge is -2.28. The Balaban J connectivity index is 1.56. The molecule has 17 nitrogen and oxygen atoms in total. The van der Waals surface area contributed by atoms with E-state index >= 15 is 0 Å². The highest BCUT2D eigenvalue weighted by atomic mass is 16.6. The van der Waals surface area contributed by atoms with E-state index < -0.39 is 29.5 Å². The Bertz CT molecular complexity index is 1730. The summed E-state index contributed by atoms with van der Waals surface area (Å²) in [5.74, 6) is 0.634. The summed E-state index contributed by atoms with van der Waals surface area (Å²) in [6, 6.07) is 6.79. The van der Waals surface area contributed by atoms with Crippen molar-refractivity contribution in [1.82, 2.24) is 25.1 Å². The van der Waals surface area contributed by atoms with Gasteiger partial charge in [0.1, 0.15) is 17.0 Å². The Labute approximate surface area is 282 Å². The minimum atomic E-state index is -1.05. The Hall–Kier alpha value is -5.44. The van der Waals surface area contributed by atoms with Crippen LogP contribution in [0.1, 0.15) is 59.9 Å². The Morgan fingerprint density at radius 2 is 1.65 bits per heavy atom. The molecule has 3 amide bonds. The number of fused-ring (bicyclic) bond motifs is 1. The maximum absolute atomic E-state index is 13.6. The van der Waals surface area contributed by atoms with Crippen molar-refractivity contribution in [3.8, 4) is 23.0 Å². The lowest BCUT2D eigenvalue weighted by Crippen LogP contribution is -2.44. The van der Waals surface area contributed by atoms with Gasteiger partial charge in [-0.2, -0.15) is 4.90 Å². The minimum absolute atomic E-state index is 0.0590. The van der Waals surface area contributed by atoms with E-state index in [9.17, 15) is 19.5 Å². The van der Waals surface area contributed by atoms with Crippen LogP contribution in [0.15, 0.2) is 40.0 Å². The number of hydrogen-bond acceptors (Lipinski definition) is 12. The van der Waals surface area contributed by atoms with Crippen LogP contribution in [-0.2, 0) is 16.0 Å². The van der Waals surface area contributed by atoms with Gasteiger partial charge < -0.3 is 28.8 Å². The van der Waals surface area contributed by atoms with Gasteiger partial charge >= 0.3 is 18.3 Å². The van der Waals surface area contributed by atoms with E-state index in [2.05, 4.69) is 25.2 Å². The second-order valence-electron chi connectivity index (χ2n) is 14.1. The summed E-state index contributed by atoms with van der Waals surface area (Å²) < 4.78 is 17.2. The molecule has 49 heavy (non-hydrogen) atoms. The fraction of sp³-hybridized carbons (Fsp3) is 0.531. The number of imide groups is 1. The lowest BCUT2D eigenvalue weighted by atomic mass is 9.98. The molecule has 3 heterocycles. The van der Waals surface area contributed by atoms with Crippen molar-refractivity contribution in [3.05, 3.63) is 46.5 Å². The van der Waals surface area contributed by atoms with Gasteiger partial charge in [-0.15, -0.1) is 10.2 Å². The van der Waals surface area contributed by atoms with Crippen molar-refractivity contribution in [2.45, 2.75) is 78.2 Å². The van der Waals surface area contributed by atoms with Crippen LogP contribution < -0.4 is 9.80 Å². The van der Waals surface area contributed by atoms with Crippen molar-refractivity contribution in [2.75, 3.05) is 29.9 Å². The third kappa shape index (κ3) is 8.17. The van der Waals surface area contributed by atoms with E-state index in [-0.39, 0.29) is 41.8 Å². The Kier molecular flexibility index (Phi) is 9.67. The average Bonchev–Trinajstić information content (AvgIpc) is 3.74. The van der Waals surface area contributed by atoms with E-state index in [1.54, 1.807) is 65.8 Å². The largest absolute Gasteiger partial charge is 0.465 e. The topological polar surface area (TPSA) is 213 Å². The van der Waals surface area contributed by atoms with Gasteiger partial charge in [0.25, 0.3) is 5.89 Å². The Morgan fingerprint density at radius 3 is 2.24 bits per heavy atom. The number of benzene rings is 1. The molecule has 3 atom stereocenters. The summed E-state index contributed by atoms with van der Waals surface area (Å²) in [5, 5.41) is 21.6. The van der Waals surface area contributed by atoms with E-state index in [1.165, 1.54) is 13.2 Å². The molecule has 2 aromatic heterocycles. The van der Waals surface area contributed by atoms with Crippen LogP contribution in [0, 0.1) is 11.8 Å². The van der Waals surface area contributed by atoms with Crippen molar-refractivity contribution < 1.29 is 33.4 Å². The first kappa shape index (κ1) is 34.9. The molecule has 1 saturated carbocycles. The van der Waals surface area contributed by atoms with Gasteiger partial charge in [0.05, 0.1) is 6.20 Å². The van der Waals surface area contributed by atoms with Gasteiger partial charge in [-0.1, -0.05) is 17.2 Å². The number of anilines is 2. The predicted octanol–water partition coefficient (Wildman–Crippen LogP) is 6.51. The van der Waals surface area contributed by atoms with Gasteiger partial charge in [-0.25, -0.2) is 24.4 Å². The molecular formula is C32H40N10O7. The van der Waals surface area contributed by atoms with Crippen molar-refractivity contribution in [2.24, 2.45) is 17.0 Å². The third-order valence-electron chi connectivity index (χ3n) is 8.02. The molecule has 0 bridgehead atoms. The summed E-state index contributed by atoms with van der Waals surface area (Å²) in [4.78, 5) is 54.6. The monoisotopic (exact) mass is 676 g/mol. The molecular weight excluding hydrogens is 636 g/mol. The fourth-order valence-corrected chi connectivity index (χ4v) is 5.86. The van der Waals surface area contributed by atoms with Gasteiger partial charge in [-0.3, -0.25) is 0 Å². The van der Waals surface area contributed by atoms with Crippen LogP contribution in [0.25, 0.3) is 33.5 Å². The molecule has 1 unspecified atom stereocenters. The fourth-order valence-electron chi connectivity index (χ4n) is 5.86. The van der Waals surface area contributed by atoms with Crippen LogP contribution in [0.2, 0.25) is 0 Å². The summed E-state index contributed by atoms with van der Waals surface area (Å²) in [6.45, 7) is 11.4. The highest BCUT2D eigenvalue weighted by Crippen LogP contribution is 2.42. The number of ether oxygens (including phenoxy) is 2. The van der Waals surface area contributed by atoms with Crippen LogP contribution >= 0.6 is 0 Å². The zero-order valence-electron chi connectivity index (χ0n) is 28.5. The Morgan fingerprint density at radius 1 is 1.02 bits per heavy atom. The number of aromatic nitrogens is 4. The number of nitrogens with zero attached hydrogens (tertiary/aromatic N) is 10. The van der Waals surface area contributed by atoms with Gasteiger partial charge in [-0.05, 0) is 89.4 Å². The van der Waals surface area contributed by atoms with E-state index in [0.717, 1.165) is 23.3 Å². The van der Waals surface area contributed by atoms with Gasteiger partial charge in [0.2, 0.25) is 5.89 Å². The van der Waals surface area contributed by atoms with Crippen LogP contribution in [0.3, 0.4) is 0 Å². The third-order valence-corrected chi connectivity index (χ3v) is 8.02. The zero-order valence-corrected chi connectivity index (χ0v) is 28.5. The molecule has 1 aliphatic carbocycles. The van der Waals surface area contributed by atoms with Gasteiger partial charge in [0.15, 0.2) is 11.5 Å². The summed E-state index contributed by atoms with van der Waals surface area (Å²) in [5.41, 5.74) is 8.35. The number of rotatable bonds is 7. The van der Waals surface area contributed by atoms with Crippen molar-refractivity contribution in [3.63, 3.8) is 0 Å². The highest BCUT2D eigenvalue weighted by molar-refractivity contribution is 6.10. The van der Waals surface area contributed by atoms with Crippen LogP contribution in [-0.4, -0.2) is 85.8 Å². The van der Waals surface area contributed by atoms with Crippen molar-refractivity contribution in [1.29, 1.82) is 0 Å². The highest BCUT2D eigenvalue weighted by Gasteiger charge is 2.43. The number of azide groups is 1. The minimum Gasteiger partial charge on any atom is -0.465 e. The van der Waals surface area contributed by atoms with Crippen LogP contribution in [0.5, 0.6) is 0 Å². The second-order valence-corrected chi connectivity index (χ2v) is 14.1. The number of carboxylic acid groups (broad SMARTS) is 1. The van der Waals surface area contributed by atoms with Crippen molar-refractivity contribution >= 4 is 29.9 Å². The predicted molar refractivity (Wildman–Crippen MR) is 177 cm³/mol. The molecule has 17 heteroatoms. The SMILES string of the molecule is CN(Cc1ccc(-c2nnc(-c3nc(N4C[C@@H]5CCC(N=[N+]=[N-])[C@@H]5C4)cnc3N(C(=O)OC(C)(C)C)C(=O)OC(C)(C)C)o2)cc1)C(=O)O. The van der Waals surface area contributed by atoms with E-state index in [0.29, 0.717) is 35.3 Å². The first-order valence-electron chi connectivity index (χ1n) is 15.8. The smallest absolute Gasteiger partial charge is 0.425 e. The quantitative estimate of drug-likeness (QED) is 0.161. The molecule has 3 aromatic rings. The van der Waals surface area contributed by atoms with E-state index in [4.69, 9.17) is 24.4 Å². The molecule has 1 aliphatic heterocycles.